The lowest BCUT2D eigenvalue weighted by atomic mass is 10.1. The third-order valence-corrected chi connectivity index (χ3v) is 6.20. The molecule has 4 nitrogen and oxygen atoms in total. The highest BCUT2D eigenvalue weighted by Crippen LogP contribution is 2.26. The highest BCUT2D eigenvalue weighted by molar-refractivity contribution is 5.68. The summed E-state index contributed by atoms with van der Waals surface area (Å²) in [6.45, 7) is 7.52. The summed E-state index contributed by atoms with van der Waals surface area (Å²) in [5, 5.41) is 4.85. The Balaban J connectivity index is 0.000000201. The number of piperidine rings is 1. The summed E-state index contributed by atoms with van der Waals surface area (Å²) in [7, 11) is 0. The van der Waals surface area contributed by atoms with Gasteiger partial charge in [-0.25, -0.2) is 4.98 Å². The molecule has 0 radical (unpaired) electrons. The van der Waals surface area contributed by atoms with Crippen molar-refractivity contribution in [3.8, 4) is 22.5 Å². The van der Waals surface area contributed by atoms with Crippen molar-refractivity contribution in [1.82, 2.24) is 14.8 Å². The third-order valence-electron chi connectivity index (χ3n) is 6.20. The van der Waals surface area contributed by atoms with E-state index >= 15 is 0 Å². The van der Waals surface area contributed by atoms with E-state index in [-0.39, 0.29) is 0 Å². The molecule has 0 amide bonds. The van der Waals surface area contributed by atoms with E-state index in [0.717, 1.165) is 35.7 Å². The van der Waals surface area contributed by atoms with Crippen LogP contribution < -0.4 is 4.90 Å². The van der Waals surface area contributed by atoms with Crippen molar-refractivity contribution in [2.75, 3.05) is 18.0 Å². The van der Waals surface area contributed by atoms with Gasteiger partial charge in [0.1, 0.15) is 5.82 Å². The fourth-order valence-corrected chi connectivity index (χ4v) is 4.44. The van der Waals surface area contributed by atoms with Crippen LogP contribution in [0.15, 0.2) is 103 Å². The lowest BCUT2D eigenvalue weighted by molar-refractivity contribution is 0.573. The number of rotatable bonds is 6. The predicted octanol–water partition coefficient (Wildman–Crippen LogP) is 7.65. The molecule has 5 rings (SSSR count). The van der Waals surface area contributed by atoms with Gasteiger partial charge < -0.3 is 4.90 Å². The maximum absolute atomic E-state index is 4.85. The number of anilines is 1. The Morgan fingerprint density at radius 2 is 1.49 bits per heavy atom. The van der Waals surface area contributed by atoms with E-state index in [1.54, 1.807) is 0 Å². The van der Waals surface area contributed by atoms with Gasteiger partial charge in [0.15, 0.2) is 0 Å². The maximum Gasteiger partial charge on any atom is 0.128 e. The first-order chi connectivity index (χ1) is 17.2. The molecule has 0 atom stereocenters. The minimum Gasteiger partial charge on any atom is -0.357 e. The molecule has 1 saturated heterocycles. The van der Waals surface area contributed by atoms with E-state index < -0.39 is 0 Å². The molecule has 0 saturated carbocycles. The molecule has 0 aliphatic carbocycles. The lowest BCUT2D eigenvalue weighted by Gasteiger charge is -2.27. The molecule has 0 spiro atoms. The molecular weight excluding hydrogens is 428 g/mol. The van der Waals surface area contributed by atoms with E-state index in [1.165, 1.54) is 43.5 Å². The number of hydrogen-bond acceptors (Lipinski definition) is 3. The van der Waals surface area contributed by atoms with Gasteiger partial charge in [-0.05, 0) is 56.4 Å². The maximum atomic E-state index is 4.85. The van der Waals surface area contributed by atoms with Gasteiger partial charge >= 0.3 is 0 Å². The summed E-state index contributed by atoms with van der Waals surface area (Å²) < 4.78 is 2.11. The zero-order chi connectivity index (χ0) is 24.3. The van der Waals surface area contributed by atoms with Crippen LogP contribution in [-0.4, -0.2) is 27.9 Å². The fourth-order valence-electron chi connectivity index (χ4n) is 4.44. The molecule has 4 aromatic rings. The van der Waals surface area contributed by atoms with Crippen molar-refractivity contribution in [2.24, 2.45) is 0 Å². The second-order valence-electron chi connectivity index (χ2n) is 9.00. The standard InChI is InChI=1S/C21H22N2.C10H14N2/c1-3-10-17(2)16-23-21(19-13-8-5-9-14-19)15-20(22-23)18-11-6-4-7-12-18;1-4-8-12(9-5-1)10-6-2-3-7-11-10/h4-15H,3,16H2,1-2H3;2-3,6-7H,1,4-5,8-9H2. The van der Waals surface area contributed by atoms with Crippen LogP contribution in [0.4, 0.5) is 5.82 Å². The molecular formula is C31H36N4. The van der Waals surface area contributed by atoms with Crippen LogP contribution in [0.2, 0.25) is 0 Å². The van der Waals surface area contributed by atoms with Crippen molar-refractivity contribution in [1.29, 1.82) is 0 Å². The lowest BCUT2D eigenvalue weighted by Crippen LogP contribution is -2.29. The first kappa shape index (κ1) is 24.5. The smallest absolute Gasteiger partial charge is 0.128 e. The molecule has 4 heteroatoms. The summed E-state index contributed by atoms with van der Waals surface area (Å²) in [5.74, 6) is 1.14. The summed E-state index contributed by atoms with van der Waals surface area (Å²) in [4.78, 5) is 6.69. The summed E-state index contributed by atoms with van der Waals surface area (Å²) in [6, 6.07) is 29.1. The highest BCUT2D eigenvalue weighted by atomic mass is 15.3. The largest absolute Gasteiger partial charge is 0.357 e. The molecule has 35 heavy (non-hydrogen) atoms. The minimum absolute atomic E-state index is 0.824. The topological polar surface area (TPSA) is 34.0 Å². The number of aromatic nitrogens is 3. The van der Waals surface area contributed by atoms with Gasteiger partial charge in [0.25, 0.3) is 0 Å². The normalized spacial score (nSPS) is 13.8. The minimum atomic E-state index is 0.824. The van der Waals surface area contributed by atoms with Crippen molar-refractivity contribution in [2.45, 2.75) is 46.1 Å². The Kier molecular flexibility index (Phi) is 8.88. The van der Waals surface area contributed by atoms with Gasteiger partial charge in [-0.2, -0.15) is 5.10 Å². The molecule has 1 aliphatic rings. The van der Waals surface area contributed by atoms with Gasteiger partial charge in [-0.3, -0.25) is 4.68 Å². The molecule has 0 N–H and O–H groups in total. The average Bonchev–Trinajstić information content (AvgIpc) is 3.35. The zero-order valence-electron chi connectivity index (χ0n) is 21.0. The predicted molar refractivity (Wildman–Crippen MR) is 147 cm³/mol. The molecule has 1 aliphatic heterocycles. The van der Waals surface area contributed by atoms with Crippen LogP contribution in [0.25, 0.3) is 22.5 Å². The van der Waals surface area contributed by atoms with Crippen molar-refractivity contribution in [3.05, 3.63) is 103 Å². The monoisotopic (exact) mass is 464 g/mol. The Bertz CT molecular complexity index is 1170. The van der Waals surface area contributed by atoms with Crippen molar-refractivity contribution in [3.63, 3.8) is 0 Å². The first-order valence-corrected chi connectivity index (χ1v) is 12.7. The first-order valence-electron chi connectivity index (χ1n) is 12.7. The number of nitrogens with zero attached hydrogens (tertiary/aromatic N) is 4. The fraction of sp³-hybridized carbons (Fsp3) is 0.290. The highest BCUT2D eigenvalue weighted by Gasteiger charge is 2.12. The Hall–Kier alpha value is -3.66. The Morgan fingerprint density at radius 1 is 0.829 bits per heavy atom. The van der Waals surface area contributed by atoms with E-state index in [2.05, 4.69) is 101 Å². The number of pyridine rings is 1. The van der Waals surface area contributed by atoms with Crippen LogP contribution in [0.5, 0.6) is 0 Å². The second kappa shape index (κ2) is 12.7. The van der Waals surface area contributed by atoms with E-state index in [4.69, 9.17) is 5.10 Å². The van der Waals surface area contributed by atoms with Gasteiger partial charge in [0, 0.05) is 24.8 Å². The molecule has 2 aromatic carbocycles. The van der Waals surface area contributed by atoms with Crippen LogP contribution in [0.3, 0.4) is 0 Å². The van der Waals surface area contributed by atoms with E-state index in [0.29, 0.717) is 0 Å². The average molecular weight is 465 g/mol. The molecule has 0 bridgehead atoms. The van der Waals surface area contributed by atoms with Crippen LogP contribution >= 0.6 is 0 Å². The molecule has 2 aromatic heterocycles. The van der Waals surface area contributed by atoms with Crippen molar-refractivity contribution >= 4 is 5.82 Å². The number of hydrogen-bond donors (Lipinski definition) is 0. The summed E-state index contributed by atoms with van der Waals surface area (Å²) in [5.41, 5.74) is 5.88. The van der Waals surface area contributed by atoms with E-state index in [9.17, 15) is 0 Å². The SMILES string of the molecule is CCC=C(C)Cn1nc(-c2ccccc2)cc1-c1ccccc1.c1ccc(N2CCCCC2)nc1. The number of benzene rings is 2. The van der Waals surface area contributed by atoms with Gasteiger partial charge in [-0.15, -0.1) is 0 Å². The molecule has 0 unspecified atom stereocenters. The van der Waals surface area contributed by atoms with Crippen LogP contribution in [-0.2, 0) is 6.54 Å². The van der Waals surface area contributed by atoms with Gasteiger partial charge in [0.2, 0.25) is 0 Å². The van der Waals surface area contributed by atoms with Crippen LogP contribution in [0, 0.1) is 0 Å². The second-order valence-corrected chi connectivity index (χ2v) is 9.00. The molecule has 3 heterocycles. The number of allylic oxidation sites excluding steroid dienone is 2. The Morgan fingerprint density at radius 3 is 2.11 bits per heavy atom. The summed E-state index contributed by atoms with van der Waals surface area (Å²) in [6.07, 6.45) is 9.19. The van der Waals surface area contributed by atoms with Gasteiger partial charge in [-0.1, -0.05) is 85.3 Å². The third kappa shape index (κ3) is 6.92. The van der Waals surface area contributed by atoms with Gasteiger partial charge in [0.05, 0.1) is 17.9 Å². The van der Waals surface area contributed by atoms with E-state index in [1.807, 2.05) is 24.4 Å². The van der Waals surface area contributed by atoms with Crippen molar-refractivity contribution < 1.29 is 0 Å². The zero-order valence-corrected chi connectivity index (χ0v) is 21.0. The van der Waals surface area contributed by atoms with Crippen LogP contribution in [0.1, 0.15) is 39.5 Å². The quantitative estimate of drug-likeness (QED) is 0.275. The summed E-state index contributed by atoms with van der Waals surface area (Å²) >= 11 is 0. The molecule has 180 valence electrons. The molecule has 1 fully saturated rings. The Labute approximate surface area is 210 Å².